The third-order valence-corrected chi connectivity index (χ3v) is 4.00. The van der Waals surface area contributed by atoms with E-state index in [1.807, 2.05) is 33.3 Å². The van der Waals surface area contributed by atoms with Crippen LogP contribution in [-0.4, -0.2) is 40.4 Å². The zero-order valence-corrected chi connectivity index (χ0v) is 13.0. The van der Waals surface area contributed by atoms with Crippen molar-refractivity contribution < 1.29 is 17.8 Å². The first-order valence-electron chi connectivity index (χ1n) is 6.40. The van der Waals surface area contributed by atoms with E-state index in [9.17, 15) is 13.2 Å². The molecule has 1 N–H and O–H groups in total. The highest BCUT2D eigenvalue weighted by Gasteiger charge is 2.22. The summed E-state index contributed by atoms with van der Waals surface area (Å²) in [6, 6.07) is 9.04. The van der Waals surface area contributed by atoms with E-state index in [1.54, 1.807) is 18.2 Å². The largest absolute Gasteiger partial charge is 0.298 e. The van der Waals surface area contributed by atoms with Gasteiger partial charge in [-0.3, -0.25) is 13.8 Å². The Morgan fingerprint density at radius 3 is 2.19 bits per heavy atom. The van der Waals surface area contributed by atoms with Crippen molar-refractivity contribution in [2.24, 2.45) is 0 Å². The monoisotopic (exact) mass is 308 g/mol. The molecule has 0 unspecified atom stereocenters. The number of rotatable bonds is 4. The Bertz CT molecular complexity index is 804. The van der Waals surface area contributed by atoms with E-state index in [2.05, 4.69) is 0 Å². The Hall–Kier alpha value is -1.76. The zero-order valence-electron chi connectivity index (χ0n) is 12.2. The van der Waals surface area contributed by atoms with Gasteiger partial charge in [-0.1, -0.05) is 18.2 Å². The van der Waals surface area contributed by atoms with Gasteiger partial charge in [-0.15, -0.1) is 0 Å². The van der Waals surface area contributed by atoms with Crippen LogP contribution in [-0.2, 0) is 15.9 Å². The Kier molecular flexibility index (Phi) is 3.88. The van der Waals surface area contributed by atoms with Crippen molar-refractivity contribution in [2.75, 3.05) is 21.1 Å². The van der Waals surface area contributed by atoms with Gasteiger partial charge in [0.25, 0.3) is 10.1 Å². The van der Waals surface area contributed by atoms with Crippen LogP contribution in [0.15, 0.2) is 30.3 Å². The lowest BCUT2D eigenvalue weighted by molar-refractivity contribution is 0.112. The van der Waals surface area contributed by atoms with Crippen molar-refractivity contribution in [1.82, 2.24) is 4.48 Å². The lowest BCUT2D eigenvalue weighted by atomic mass is 9.98. The molecule has 0 fully saturated rings. The van der Waals surface area contributed by atoms with E-state index in [-0.39, 0.29) is 0 Å². The molecular weight excluding hydrogens is 290 g/mol. The number of aldehydes is 1. The van der Waals surface area contributed by atoms with Gasteiger partial charge in [0.05, 0.1) is 21.1 Å². The molecule has 21 heavy (non-hydrogen) atoms. The maximum atomic E-state index is 11.4. The van der Waals surface area contributed by atoms with Crippen LogP contribution in [0.5, 0.6) is 0 Å². The molecule has 0 saturated carbocycles. The number of fused-ring (bicyclic) bond motifs is 1. The van der Waals surface area contributed by atoms with Crippen LogP contribution in [0.1, 0.15) is 15.9 Å². The Balaban J connectivity index is 2.89. The second-order valence-electron chi connectivity index (χ2n) is 5.87. The van der Waals surface area contributed by atoms with Crippen molar-refractivity contribution in [2.45, 2.75) is 5.75 Å². The van der Waals surface area contributed by atoms with Crippen molar-refractivity contribution in [3.63, 3.8) is 0 Å². The molecule has 0 aliphatic rings. The lowest BCUT2D eigenvalue weighted by Gasteiger charge is -2.26. The summed E-state index contributed by atoms with van der Waals surface area (Å²) in [7, 11) is 1.67. The first-order valence-corrected chi connectivity index (χ1v) is 8.01. The number of carbonyl (C=O) groups is 1. The van der Waals surface area contributed by atoms with Crippen molar-refractivity contribution in [1.29, 1.82) is 0 Å². The van der Waals surface area contributed by atoms with E-state index in [1.165, 1.54) is 0 Å². The van der Waals surface area contributed by atoms with Crippen LogP contribution >= 0.6 is 0 Å². The molecular formula is C15H18NO4S+. The van der Waals surface area contributed by atoms with E-state index in [0.29, 0.717) is 27.3 Å². The summed E-state index contributed by atoms with van der Waals surface area (Å²) in [6.07, 6.45) is 0.641. The number of carbonyl (C=O) groups excluding carboxylic acids is 1. The van der Waals surface area contributed by atoms with E-state index >= 15 is 0 Å². The number of hydrogen-bond acceptors (Lipinski definition) is 3. The minimum atomic E-state index is -4.21. The summed E-state index contributed by atoms with van der Waals surface area (Å²) < 4.78 is 32.0. The topological polar surface area (TPSA) is 71.4 Å². The summed E-state index contributed by atoms with van der Waals surface area (Å²) in [5, 5.41) is 1.59. The average molecular weight is 308 g/mol. The van der Waals surface area contributed by atoms with Gasteiger partial charge >= 0.3 is 0 Å². The second-order valence-corrected chi connectivity index (χ2v) is 7.32. The van der Waals surface area contributed by atoms with Gasteiger partial charge in [0.15, 0.2) is 6.29 Å². The van der Waals surface area contributed by atoms with Crippen molar-refractivity contribution >= 4 is 32.9 Å². The molecule has 2 aromatic rings. The van der Waals surface area contributed by atoms with Gasteiger partial charge in [-0.2, -0.15) is 8.42 Å². The van der Waals surface area contributed by atoms with Crippen LogP contribution < -0.4 is 4.48 Å². The van der Waals surface area contributed by atoms with Crippen LogP contribution in [0, 0.1) is 0 Å². The Morgan fingerprint density at radius 1 is 1.14 bits per heavy atom. The molecule has 0 atom stereocenters. The van der Waals surface area contributed by atoms with E-state index in [4.69, 9.17) is 4.55 Å². The highest BCUT2D eigenvalue weighted by atomic mass is 32.2. The van der Waals surface area contributed by atoms with Crippen LogP contribution in [0.2, 0.25) is 0 Å². The van der Waals surface area contributed by atoms with Crippen LogP contribution in [0.4, 0.5) is 5.69 Å². The summed E-state index contributed by atoms with van der Waals surface area (Å²) in [4.78, 5) is 11.4. The number of benzene rings is 2. The minimum Gasteiger partial charge on any atom is -0.298 e. The fourth-order valence-electron chi connectivity index (χ4n) is 2.44. The predicted molar refractivity (Wildman–Crippen MR) is 84.2 cm³/mol. The van der Waals surface area contributed by atoms with Crippen molar-refractivity contribution in [3.05, 3.63) is 41.5 Å². The van der Waals surface area contributed by atoms with Crippen LogP contribution in [0.25, 0.3) is 10.8 Å². The lowest BCUT2D eigenvalue weighted by Crippen LogP contribution is -2.35. The minimum absolute atomic E-state index is 0.306. The molecule has 6 heteroatoms. The quantitative estimate of drug-likeness (QED) is 0.534. The van der Waals surface area contributed by atoms with Crippen molar-refractivity contribution in [3.8, 4) is 0 Å². The fourth-order valence-corrected chi connectivity index (χ4v) is 3.08. The molecule has 0 saturated heterocycles. The summed E-state index contributed by atoms with van der Waals surface area (Å²) in [6.45, 7) is 0. The van der Waals surface area contributed by atoms with Crippen LogP contribution in [0.3, 0.4) is 0 Å². The van der Waals surface area contributed by atoms with Gasteiger partial charge in [-0.05, 0) is 17.0 Å². The molecule has 0 radical (unpaired) electrons. The molecule has 5 nitrogen and oxygen atoms in total. The average Bonchev–Trinajstić information content (AvgIpc) is 2.34. The number of hydrogen-bond donors (Lipinski definition) is 1. The molecule has 0 aliphatic heterocycles. The standard InChI is InChI=1S/C15H17NO4S/c1-16(2,3)15-8-11(10-21(18,19)20)14(9-17)12-6-4-5-7-13(12)15/h4-9H,10H2,1-3H3/p+1. The SMILES string of the molecule is C[N+](C)(C)c1cc(CS(=O)(=O)O)c(C=O)c2ccccc12. The molecule has 0 aliphatic carbocycles. The fraction of sp³-hybridized carbons (Fsp3) is 0.267. The van der Waals surface area contributed by atoms with Gasteiger partial charge in [0, 0.05) is 17.0 Å². The second kappa shape index (κ2) is 5.22. The molecule has 0 amide bonds. The molecule has 2 rings (SSSR count). The zero-order chi connectivity index (χ0) is 15.8. The van der Waals surface area contributed by atoms with Gasteiger partial charge < -0.3 is 0 Å². The normalized spacial score (nSPS) is 12.6. The third kappa shape index (κ3) is 3.29. The number of nitrogens with zero attached hydrogens (tertiary/aromatic N) is 1. The van der Waals surface area contributed by atoms with E-state index < -0.39 is 15.9 Å². The molecule has 0 heterocycles. The summed E-state index contributed by atoms with van der Waals surface area (Å²) in [5.41, 5.74) is 1.50. The first-order chi connectivity index (χ1) is 9.63. The smallest absolute Gasteiger partial charge is 0.269 e. The highest BCUT2D eigenvalue weighted by Crippen LogP contribution is 2.33. The van der Waals surface area contributed by atoms with Gasteiger partial charge in [-0.25, -0.2) is 0 Å². The van der Waals surface area contributed by atoms with Gasteiger partial charge in [0.1, 0.15) is 11.4 Å². The number of quaternary nitrogens is 1. The Labute approximate surface area is 124 Å². The molecule has 0 spiro atoms. The van der Waals surface area contributed by atoms with Gasteiger partial charge in [0.2, 0.25) is 0 Å². The maximum Gasteiger partial charge on any atom is 0.269 e. The molecule has 2 aromatic carbocycles. The third-order valence-electron chi connectivity index (χ3n) is 3.33. The Morgan fingerprint density at radius 2 is 1.71 bits per heavy atom. The highest BCUT2D eigenvalue weighted by molar-refractivity contribution is 7.85. The summed E-state index contributed by atoms with van der Waals surface area (Å²) in [5.74, 6) is -0.571. The summed E-state index contributed by atoms with van der Waals surface area (Å²) >= 11 is 0. The predicted octanol–water partition coefficient (Wildman–Crippen LogP) is 2.24. The maximum absolute atomic E-state index is 11.4. The van der Waals surface area contributed by atoms with E-state index in [0.717, 1.165) is 11.1 Å². The first kappa shape index (κ1) is 15.6. The molecule has 0 aromatic heterocycles. The molecule has 112 valence electrons. The molecule has 0 bridgehead atoms.